The van der Waals surface area contributed by atoms with Crippen molar-refractivity contribution in [1.82, 2.24) is 4.90 Å². The first-order valence-electron chi connectivity index (χ1n) is 6.12. The second-order valence-corrected chi connectivity index (χ2v) is 4.48. The maximum absolute atomic E-state index is 13.7. The van der Waals surface area contributed by atoms with Crippen LogP contribution in [0.25, 0.3) is 0 Å². The number of nitrogens with two attached hydrogens (primary N) is 1. The van der Waals surface area contributed by atoms with E-state index in [-0.39, 0.29) is 18.2 Å². The lowest BCUT2D eigenvalue weighted by Gasteiger charge is -2.34. The zero-order chi connectivity index (χ0) is 12.3. The third-order valence-corrected chi connectivity index (χ3v) is 3.39. The number of hydrogen-bond acceptors (Lipinski definition) is 2. The second-order valence-electron chi connectivity index (χ2n) is 4.48. The van der Waals surface area contributed by atoms with E-state index >= 15 is 0 Å². The molecule has 0 saturated carbocycles. The van der Waals surface area contributed by atoms with Crippen molar-refractivity contribution in [3.05, 3.63) is 35.4 Å². The molecule has 94 valence electrons. The Morgan fingerprint density at radius 1 is 1.12 bits per heavy atom. The van der Waals surface area contributed by atoms with Crippen molar-refractivity contribution in [1.29, 1.82) is 0 Å². The average Bonchev–Trinajstić information content (AvgIpc) is 2.35. The van der Waals surface area contributed by atoms with Crippen LogP contribution in [0.5, 0.6) is 0 Å². The molecule has 1 aliphatic rings. The molecule has 1 fully saturated rings. The SMILES string of the molecule is NCC(c1c(F)cccc1F)N1CCCCC1. The highest BCUT2D eigenvalue weighted by Crippen LogP contribution is 2.27. The molecule has 0 aromatic heterocycles. The molecule has 2 N–H and O–H groups in total. The van der Waals surface area contributed by atoms with Gasteiger partial charge in [0.2, 0.25) is 0 Å². The molecule has 1 atom stereocenters. The summed E-state index contributed by atoms with van der Waals surface area (Å²) in [5, 5.41) is 0. The molecule has 17 heavy (non-hydrogen) atoms. The molecule has 1 aromatic rings. The predicted octanol–water partition coefficient (Wildman–Crippen LogP) is 2.45. The van der Waals surface area contributed by atoms with Crippen LogP contribution >= 0.6 is 0 Å². The van der Waals surface area contributed by atoms with Crippen LogP contribution in [0.15, 0.2) is 18.2 Å². The maximum Gasteiger partial charge on any atom is 0.130 e. The summed E-state index contributed by atoms with van der Waals surface area (Å²) in [7, 11) is 0. The van der Waals surface area contributed by atoms with Gasteiger partial charge >= 0.3 is 0 Å². The summed E-state index contributed by atoms with van der Waals surface area (Å²) in [6.07, 6.45) is 3.34. The minimum atomic E-state index is -0.494. The van der Waals surface area contributed by atoms with Crippen LogP contribution in [0, 0.1) is 11.6 Å². The molecule has 0 bridgehead atoms. The molecule has 0 spiro atoms. The van der Waals surface area contributed by atoms with E-state index in [9.17, 15) is 8.78 Å². The minimum absolute atomic E-state index is 0.122. The smallest absolute Gasteiger partial charge is 0.130 e. The quantitative estimate of drug-likeness (QED) is 0.879. The Balaban J connectivity index is 2.27. The third-order valence-electron chi connectivity index (χ3n) is 3.39. The Hall–Kier alpha value is -1.00. The van der Waals surface area contributed by atoms with Crippen LogP contribution < -0.4 is 5.73 Å². The Morgan fingerprint density at radius 2 is 1.71 bits per heavy atom. The van der Waals surface area contributed by atoms with Crippen LogP contribution in [0.1, 0.15) is 30.9 Å². The molecule has 2 nitrogen and oxygen atoms in total. The molecular weight excluding hydrogens is 222 g/mol. The molecule has 1 aromatic carbocycles. The van der Waals surface area contributed by atoms with Gasteiger partial charge in [0.1, 0.15) is 11.6 Å². The van der Waals surface area contributed by atoms with E-state index in [0.717, 1.165) is 25.9 Å². The van der Waals surface area contributed by atoms with Gasteiger partial charge in [0.25, 0.3) is 0 Å². The fourth-order valence-electron chi connectivity index (χ4n) is 2.51. The number of rotatable bonds is 3. The molecule has 1 saturated heterocycles. The number of halogens is 2. The summed E-state index contributed by atoms with van der Waals surface area (Å²) in [6.45, 7) is 1.99. The summed E-state index contributed by atoms with van der Waals surface area (Å²) in [5.74, 6) is -0.989. The molecular formula is C13H18F2N2. The van der Waals surface area contributed by atoms with Crippen molar-refractivity contribution in [2.75, 3.05) is 19.6 Å². The fraction of sp³-hybridized carbons (Fsp3) is 0.538. The lowest BCUT2D eigenvalue weighted by atomic mass is 10.0. The molecule has 1 aliphatic heterocycles. The van der Waals surface area contributed by atoms with Crippen molar-refractivity contribution in [2.24, 2.45) is 5.73 Å². The standard InChI is InChI=1S/C13H18F2N2/c14-10-5-4-6-11(15)13(10)12(9-16)17-7-2-1-3-8-17/h4-6,12H,1-3,7-9,16H2. The van der Waals surface area contributed by atoms with Crippen LogP contribution in [0.4, 0.5) is 8.78 Å². The van der Waals surface area contributed by atoms with E-state index in [4.69, 9.17) is 5.73 Å². The molecule has 0 aliphatic carbocycles. The topological polar surface area (TPSA) is 29.3 Å². The number of benzene rings is 1. The monoisotopic (exact) mass is 240 g/mol. The molecule has 4 heteroatoms. The average molecular weight is 240 g/mol. The Morgan fingerprint density at radius 3 is 2.24 bits per heavy atom. The lowest BCUT2D eigenvalue weighted by Crippen LogP contribution is -2.38. The van der Waals surface area contributed by atoms with E-state index in [0.29, 0.717) is 0 Å². The maximum atomic E-state index is 13.7. The molecule has 2 rings (SSSR count). The fourth-order valence-corrected chi connectivity index (χ4v) is 2.51. The van der Waals surface area contributed by atoms with Gasteiger partial charge in [-0.2, -0.15) is 0 Å². The van der Waals surface area contributed by atoms with Crippen molar-refractivity contribution in [3.8, 4) is 0 Å². The zero-order valence-corrected chi connectivity index (χ0v) is 9.83. The third kappa shape index (κ3) is 2.64. The van der Waals surface area contributed by atoms with Gasteiger partial charge in [-0.05, 0) is 38.1 Å². The van der Waals surface area contributed by atoms with Crippen molar-refractivity contribution < 1.29 is 8.78 Å². The van der Waals surface area contributed by atoms with Crippen LogP contribution in [-0.4, -0.2) is 24.5 Å². The van der Waals surface area contributed by atoms with Crippen LogP contribution in [0.3, 0.4) is 0 Å². The Kier molecular flexibility index (Phi) is 4.07. The predicted molar refractivity (Wildman–Crippen MR) is 63.6 cm³/mol. The first-order valence-corrected chi connectivity index (χ1v) is 6.12. The van der Waals surface area contributed by atoms with E-state index in [1.54, 1.807) is 0 Å². The van der Waals surface area contributed by atoms with Crippen molar-refractivity contribution in [2.45, 2.75) is 25.3 Å². The molecule has 1 heterocycles. The highest BCUT2D eigenvalue weighted by atomic mass is 19.1. The van der Waals surface area contributed by atoms with Gasteiger partial charge in [0, 0.05) is 12.1 Å². The number of likely N-dealkylation sites (tertiary alicyclic amines) is 1. The van der Waals surface area contributed by atoms with Gasteiger partial charge in [-0.3, -0.25) is 4.90 Å². The van der Waals surface area contributed by atoms with Crippen LogP contribution in [0.2, 0.25) is 0 Å². The summed E-state index contributed by atoms with van der Waals surface area (Å²) < 4.78 is 27.4. The normalized spacial score (nSPS) is 19.2. The Labute approximate surface area is 100 Å². The largest absolute Gasteiger partial charge is 0.329 e. The van der Waals surface area contributed by atoms with E-state index < -0.39 is 11.6 Å². The highest BCUT2D eigenvalue weighted by molar-refractivity contribution is 5.24. The molecule has 0 radical (unpaired) electrons. The van der Waals surface area contributed by atoms with Gasteiger partial charge in [-0.1, -0.05) is 12.5 Å². The number of piperidine rings is 1. The van der Waals surface area contributed by atoms with Gasteiger partial charge in [-0.15, -0.1) is 0 Å². The number of nitrogens with zero attached hydrogens (tertiary/aromatic N) is 1. The van der Waals surface area contributed by atoms with Gasteiger partial charge in [-0.25, -0.2) is 8.78 Å². The number of hydrogen-bond donors (Lipinski definition) is 1. The zero-order valence-electron chi connectivity index (χ0n) is 9.83. The highest BCUT2D eigenvalue weighted by Gasteiger charge is 2.25. The summed E-state index contributed by atoms with van der Waals surface area (Å²) >= 11 is 0. The lowest BCUT2D eigenvalue weighted by molar-refractivity contribution is 0.161. The van der Waals surface area contributed by atoms with Gasteiger partial charge < -0.3 is 5.73 Å². The van der Waals surface area contributed by atoms with Crippen molar-refractivity contribution in [3.63, 3.8) is 0 Å². The van der Waals surface area contributed by atoms with Gasteiger partial charge in [0.15, 0.2) is 0 Å². The minimum Gasteiger partial charge on any atom is -0.329 e. The second kappa shape index (κ2) is 5.56. The summed E-state index contributed by atoms with van der Waals surface area (Å²) in [6, 6.07) is 3.64. The Bertz CT molecular complexity index is 355. The van der Waals surface area contributed by atoms with E-state index in [1.807, 2.05) is 0 Å². The van der Waals surface area contributed by atoms with E-state index in [1.165, 1.54) is 24.6 Å². The summed E-state index contributed by atoms with van der Waals surface area (Å²) in [5.41, 5.74) is 5.82. The van der Waals surface area contributed by atoms with E-state index in [2.05, 4.69) is 4.90 Å². The first-order chi connectivity index (χ1) is 8.24. The van der Waals surface area contributed by atoms with Crippen molar-refractivity contribution >= 4 is 0 Å². The molecule has 1 unspecified atom stereocenters. The summed E-state index contributed by atoms with van der Waals surface area (Å²) in [4.78, 5) is 2.09. The first kappa shape index (κ1) is 12.5. The van der Waals surface area contributed by atoms with Gasteiger partial charge in [0.05, 0.1) is 6.04 Å². The molecule has 0 amide bonds. The van der Waals surface area contributed by atoms with Crippen LogP contribution in [-0.2, 0) is 0 Å².